The van der Waals surface area contributed by atoms with Crippen LogP contribution < -0.4 is 0 Å². The van der Waals surface area contributed by atoms with Gasteiger partial charge in [-0.1, -0.05) is 57.6 Å². The molecule has 0 aliphatic heterocycles. The van der Waals surface area contributed by atoms with Gasteiger partial charge in [0, 0.05) is 18.5 Å². The molecular formula is C27H41N3O3. The normalized spacial score (nSPS) is 22.8. The molecule has 0 bridgehead atoms. The molecule has 2 aliphatic rings. The third kappa shape index (κ3) is 7.38. The highest BCUT2D eigenvalue weighted by Gasteiger charge is 2.38. The summed E-state index contributed by atoms with van der Waals surface area (Å²) in [6, 6.07) is 0. The number of unbranched alkanes of at least 4 members (excludes halogenated alkanes) is 7. The summed E-state index contributed by atoms with van der Waals surface area (Å²) in [6.45, 7) is 9.70. The van der Waals surface area contributed by atoms with E-state index in [4.69, 9.17) is 4.74 Å². The van der Waals surface area contributed by atoms with Crippen LogP contribution in [0.1, 0.15) is 90.9 Å². The Morgan fingerprint density at radius 1 is 1.09 bits per heavy atom. The van der Waals surface area contributed by atoms with E-state index in [1.165, 1.54) is 37.7 Å². The number of aromatic nitrogens is 3. The SMILES string of the molecule is C=C(C(=O)OCCCCCCCCCCn1cncn1)[C@@H]1CC[C@H](C)[C@@H]2CC(=O)C(C)=C2C1. The van der Waals surface area contributed by atoms with Crippen LogP contribution in [0, 0.1) is 17.8 Å². The standard InChI is InChI=1S/C27H41N3O3/c1-20-12-13-23(16-25-22(3)26(31)17-24(20)25)21(2)27(32)33-15-11-9-7-5-4-6-8-10-14-30-19-28-18-29-30/h18-20,23-24H,2,4-17H2,1,3H3/t20-,23+,24-/m0/s1. The predicted molar refractivity (Wildman–Crippen MR) is 129 cm³/mol. The Morgan fingerprint density at radius 2 is 1.79 bits per heavy atom. The summed E-state index contributed by atoms with van der Waals surface area (Å²) in [4.78, 5) is 28.7. The summed E-state index contributed by atoms with van der Waals surface area (Å²) >= 11 is 0. The van der Waals surface area contributed by atoms with Crippen molar-refractivity contribution in [2.24, 2.45) is 17.8 Å². The molecule has 3 atom stereocenters. The minimum Gasteiger partial charge on any atom is -0.462 e. The smallest absolute Gasteiger partial charge is 0.333 e. The van der Waals surface area contributed by atoms with Crippen LogP contribution in [0.2, 0.25) is 0 Å². The van der Waals surface area contributed by atoms with Crippen LogP contribution in [0.15, 0.2) is 36.0 Å². The molecule has 1 fully saturated rings. The monoisotopic (exact) mass is 455 g/mol. The van der Waals surface area contributed by atoms with Gasteiger partial charge >= 0.3 is 5.97 Å². The second kappa shape index (κ2) is 12.9. The Labute approximate surface area is 198 Å². The lowest BCUT2D eigenvalue weighted by molar-refractivity contribution is -0.139. The Morgan fingerprint density at radius 3 is 2.48 bits per heavy atom. The molecule has 0 radical (unpaired) electrons. The fourth-order valence-corrected chi connectivity index (χ4v) is 5.32. The lowest BCUT2D eigenvalue weighted by Crippen LogP contribution is -2.16. The van der Waals surface area contributed by atoms with Crippen LogP contribution >= 0.6 is 0 Å². The number of nitrogens with zero attached hydrogens (tertiary/aromatic N) is 3. The number of hydrogen-bond donors (Lipinski definition) is 0. The Balaban J connectivity index is 1.25. The van der Waals surface area contributed by atoms with Crippen LogP contribution in [0.25, 0.3) is 0 Å². The maximum absolute atomic E-state index is 12.6. The number of rotatable bonds is 13. The van der Waals surface area contributed by atoms with Crippen molar-refractivity contribution in [3.8, 4) is 0 Å². The topological polar surface area (TPSA) is 74.1 Å². The largest absolute Gasteiger partial charge is 0.462 e. The second-order valence-corrected chi connectivity index (χ2v) is 9.99. The first-order valence-electron chi connectivity index (χ1n) is 12.9. The van der Waals surface area contributed by atoms with Crippen LogP contribution in [0.4, 0.5) is 0 Å². The number of ketones is 1. The highest BCUT2D eigenvalue weighted by Crippen LogP contribution is 2.45. The summed E-state index contributed by atoms with van der Waals surface area (Å²) < 4.78 is 7.43. The molecule has 0 saturated heterocycles. The van der Waals surface area contributed by atoms with E-state index in [1.54, 1.807) is 12.7 Å². The first-order valence-corrected chi connectivity index (χ1v) is 12.9. The number of Topliss-reactive ketones (excluding diaryl/α,β-unsaturated/α-hetero) is 1. The summed E-state index contributed by atoms with van der Waals surface area (Å²) in [5, 5.41) is 4.12. The number of carbonyl (C=O) groups is 2. The number of hydrogen-bond acceptors (Lipinski definition) is 5. The van der Waals surface area contributed by atoms with E-state index in [1.807, 2.05) is 11.6 Å². The minimum absolute atomic E-state index is 0.102. The van der Waals surface area contributed by atoms with Crippen LogP contribution in [-0.2, 0) is 20.9 Å². The summed E-state index contributed by atoms with van der Waals surface area (Å²) in [6.07, 6.45) is 16.1. The Hall–Kier alpha value is -2.24. The summed E-state index contributed by atoms with van der Waals surface area (Å²) in [5.74, 6) is 0.984. The third-order valence-electron chi connectivity index (χ3n) is 7.61. The van der Waals surface area contributed by atoms with Gasteiger partial charge in [-0.05, 0) is 62.4 Å². The van der Waals surface area contributed by atoms with Crippen molar-refractivity contribution in [1.29, 1.82) is 0 Å². The van der Waals surface area contributed by atoms with Crippen molar-refractivity contribution in [3.05, 3.63) is 36.0 Å². The van der Waals surface area contributed by atoms with Gasteiger partial charge in [-0.25, -0.2) is 9.78 Å². The molecule has 6 heteroatoms. The van der Waals surface area contributed by atoms with Gasteiger partial charge in [0.2, 0.25) is 0 Å². The molecule has 0 aromatic carbocycles. The molecular weight excluding hydrogens is 414 g/mol. The van der Waals surface area contributed by atoms with E-state index in [9.17, 15) is 9.59 Å². The Bertz CT molecular complexity index is 828. The zero-order chi connectivity index (χ0) is 23.6. The molecule has 0 N–H and O–H groups in total. The lowest BCUT2D eigenvalue weighted by atomic mass is 9.86. The van der Waals surface area contributed by atoms with E-state index in [-0.39, 0.29) is 17.7 Å². The Kier molecular flexibility index (Phi) is 9.89. The third-order valence-corrected chi connectivity index (χ3v) is 7.61. The molecule has 1 aromatic rings. The second-order valence-electron chi connectivity index (χ2n) is 9.99. The van der Waals surface area contributed by atoms with E-state index < -0.39 is 0 Å². The van der Waals surface area contributed by atoms with Gasteiger partial charge in [0.05, 0.1) is 6.61 Å². The first-order chi connectivity index (χ1) is 16.0. The highest BCUT2D eigenvalue weighted by atomic mass is 16.5. The van der Waals surface area contributed by atoms with Crippen molar-refractivity contribution in [1.82, 2.24) is 14.8 Å². The van der Waals surface area contributed by atoms with Crippen molar-refractivity contribution in [2.75, 3.05) is 6.61 Å². The molecule has 0 unspecified atom stereocenters. The van der Waals surface area contributed by atoms with Gasteiger partial charge in [-0.3, -0.25) is 9.48 Å². The zero-order valence-corrected chi connectivity index (χ0v) is 20.6. The average molecular weight is 456 g/mol. The highest BCUT2D eigenvalue weighted by molar-refractivity contribution is 5.98. The van der Waals surface area contributed by atoms with Gasteiger partial charge < -0.3 is 4.74 Å². The molecule has 1 heterocycles. The van der Waals surface area contributed by atoms with Crippen molar-refractivity contribution >= 4 is 11.8 Å². The number of carbonyl (C=O) groups excluding carboxylic acids is 2. The van der Waals surface area contributed by atoms with Gasteiger partial charge in [-0.2, -0.15) is 5.10 Å². The molecule has 0 amide bonds. The van der Waals surface area contributed by atoms with E-state index in [2.05, 4.69) is 23.6 Å². The lowest BCUT2D eigenvalue weighted by Gasteiger charge is -2.19. The maximum Gasteiger partial charge on any atom is 0.333 e. The van der Waals surface area contributed by atoms with Gasteiger partial charge in [0.25, 0.3) is 0 Å². The minimum atomic E-state index is -0.249. The predicted octanol–water partition coefficient (Wildman–Crippen LogP) is 5.84. The number of ether oxygens (including phenoxy) is 1. The van der Waals surface area contributed by atoms with Gasteiger partial charge in [0.1, 0.15) is 12.7 Å². The number of esters is 1. The van der Waals surface area contributed by atoms with E-state index in [0.717, 1.165) is 50.6 Å². The van der Waals surface area contributed by atoms with Crippen LogP contribution in [0.3, 0.4) is 0 Å². The van der Waals surface area contributed by atoms with Gasteiger partial charge in [0.15, 0.2) is 5.78 Å². The van der Waals surface area contributed by atoms with Crippen molar-refractivity contribution < 1.29 is 14.3 Å². The molecule has 1 aromatic heterocycles. The molecule has 1 saturated carbocycles. The number of fused-ring (bicyclic) bond motifs is 1. The average Bonchev–Trinajstić information content (AvgIpc) is 3.38. The summed E-state index contributed by atoms with van der Waals surface area (Å²) in [7, 11) is 0. The molecule has 0 spiro atoms. The molecule has 3 rings (SSSR count). The van der Waals surface area contributed by atoms with Crippen LogP contribution in [0.5, 0.6) is 0 Å². The number of allylic oxidation sites excluding steroid dienone is 2. The summed E-state index contributed by atoms with van der Waals surface area (Å²) in [5.41, 5.74) is 2.78. The van der Waals surface area contributed by atoms with E-state index in [0.29, 0.717) is 30.4 Å². The molecule has 182 valence electrons. The molecule has 6 nitrogen and oxygen atoms in total. The van der Waals surface area contributed by atoms with E-state index >= 15 is 0 Å². The van der Waals surface area contributed by atoms with Crippen molar-refractivity contribution in [2.45, 2.75) is 97.4 Å². The first kappa shape index (κ1) is 25.4. The van der Waals surface area contributed by atoms with Gasteiger partial charge in [-0.15, -0.1) is 0 Å². The number of aryl methyl sites for hydroxylation is 1. The molecule has 33 heavy (non-hydrogen) atoms. The quantitative estimate of drug-likeness (QED) is 0.212. The maximum atomic E-state index is 12.6. The molecule has 2 aliphatic carbocycles. The fourth-order valence-electron chi connectivity index (χ4n) is 5.32. The fraction of sp³-hybridized carbons (Fsp3) is 0.704. The van der Waals surface area contributed by atoms with Crippen molar-refractivity contribution in [3.63, 3.8) is 0 Å². The zero-order valence-electron chi connectivity index (χ0n) is 20.6. The van der Waals surface area contributed by atoms with Crippen LogP contribution in [-0.4, -0.2) is 33.1 Å².